The van der Waals surface area contributed by atoms with E-state index in [-0.39, 0.29) is 12.8 Å². The van der Waals surface area contributed by atoms with Gasteiger partial charge < -0.3 is 21.7 Å². The molecule has 6 N–H and O–H groups in total. The average Bonchev–Trinajstić information content (AvgIpc) is 2.31. The lowest BCUT2D eigenvalue weighted by molar-refractivity contribution is -0.152. The Hall–Kier alpha value is -2.00. The predicted molar refractivity (Wildman–Crippen MR) is 58.3 cm³/mol. The molecule has 0 aromatic carbocycles. The Bertz CT molecular complexity index is 356. The number of carboxylic acid groups (broad SMARTS) is 2. The van der Waals surface area contributed by atoms with Gasteiger partial charge in [-0.1, -0.05) is 0 Å². The van der Waals surface area contributed by atoms with Crippen molar-refractivity contribution in [3.05, 3.63) is 0 Å². The summed E-state index contributed by atoms with van der Waals surface area (Å²) < 4.78 is 0. The lowest BCUT2D eigenvalue weighted by Gasteiger charge is -2.18. The maximum absolute atomic E-state index is 11.5. The fraction of sp³-hybridized carbons (Fsp3) is 0.556. The van der Waals surface area contributed by atoms with Crippen LogP contribution in [0.2, 0.25) is 0 Å². The Labute approximate surface area is 102 Å². The van der Waals surface area contributed by atoms with Crippen molar-refractivity contribution < 1.29 is 29.4 Å². The van der Waals surface area contributed by atoms with Gasteiger partial charge in [-0.3, -0.25) is 24.1 Å². The monoisotopic (exact) mass is 261 g/mol. The Kier molecular flexibility index (Phi) is 6.53. The highest BCUT2D eigenvalue weighted by atomic mass is 16.4. The fourth-order valence-corrected chi connectivity index (χ4v) is 1.10. The molecule has 18 heavy (non-hydrogen) atoms. The number of nitrogens with zero attached hydrogens (tertiary/aromatic N) is 1. The number of carbonyl (C=O) groups is 4. The topological polar surface area (TPSA) is 164 Å². The minimum absolute atomic E-state index is 0.192. The second-order valence-corrected chi connectivity index (χ2v) is 3.45. The predicted octanol–water partition coefficient (Wildman–Crippen LogP) is -2.42. The van der Waals surface area contributed by atoms with Gasteiger partial charge in [0.2, 0.25) is 11.8 Å². The van der Waals surface area contributed by atoms with Crippen molar-refractivity contribution in [2.45, 2.75) is 18.9 Å². The van der Waals surface area contributed by atoms with Gasteiger partial charge in [0, 0.05) is 6.42 Å². The molecule has 2 amide bonds. The molecule has 0 aliphatic heterocycles. The standard InChI is InChI=1S/C9H15N3O6/c10-3-7(14)12(4-8(15)16)6(13)2-1-5(11)9(17)18/h5H,1-4,10-11H2,(H,15,16)(H,17,18)/t5-/m0/s1. The van der Waals surface area contributed by atoms with Crippen molar-refractivity contribution in [1.82, 2.24) is 4.90 Å². The largest absolute Gasteiger partial charge is 0.480 e. The summed E-state index contributed by atoms with van der Waals surface area (Å²) in [5.74, 6) is -4.30. The number of imide groups is 1. The second kappa shape index (κ2) is 7.35. The Morgan fingerprint density at radius 2 is 1.67 bits per heavy atom. The van der Waals surface area contributed by atoms with Crippen molar-refractivity contribution >= 4 is 23.8 Å². The molecule has 0 heterocycles. The van der Waals surface area contributed by atoms with Gasteiger partial charge >= 0.3 is 11.9 Å². The summed E-state index contributed by atoms with van der Waals surface area (Å²) in [6.07, 6.45) is -0.533. The molecule has 0 unspecified atom stereocenters. The first kappa shape index (κ1) is 16.0. The zero-order valence-corrected chi connectivity index (χ0v) is 9.54. The first-order chi connectivity index (χ1) is 8.29. The van der Waals surface area contributed by atoms with Gasteiger partial charge in [-0.2, -0.15) is 0 Å². The van der Waals surface area contributed by atoms with Crippen LogP contribution in [0.5, 0.6) is 0 Å². The van der Waals surface area contributed by atoms with E-state index in [4.69, 9.17) is 21.7 Å². The fourth-order valence-electron chi connectivity index (χ4n) is 1.10. The SMILES string of the molecule is NCC(=O)N(CC(=O)O)C(=O)CC[C@H](N)C(=O)O. The van der Waals surface area contributed by atoms with Crippen LogP contribution in [-0.2, 0) is 19.2 Å². The minimum atomic E-state index is -1.37. The third-order valence-electron chi connectivity index (χ3n) is 2.06. The number of carboxylic acids is 2. The van der Waals surface area contributed by atoms with E-state index in [1.165, 1.54) is 0 Å². The van der Waals surface area contributed by atoms with Crippen LogP contribution in [0.25, 0.3) is 0 Å². The molecule has 0 bridgehead atoms. The van der Waals surface area contributed by atoms with E-state index in [9.17, 15) is 19.2 Å². The number of hydrogen-bond donors (Lipinski definition) is 4. The maximum atomic E-state index is 11.5. The van der Waals surface area contributed by atoms with E-state index in [0.29, 0.717) is 4.90 Å². The van der Waals surface area contributed by atoms with Crippen LogP contribution in [0.3, 0.4) is 0 Å². The minimum Gasteiger partial charge on any atom is -0.480 e. The highest BCUT2D eigenvalue weighted by Gasteiger charge is 2.24. The van der Waals surface area contributed by atoms with E-state index in [1.807, 2.05) is 0 Å². The van der Waals surface area contributed by atoms with Gasteiger partial charge in [-0.15, -0.1) is 0 Å². The molecule has 0 aromatic rings. The van der Waals surface area contributed by atoms with E-state index in [0.717, 1.165) is 0 Å². The molecule has 0 radical (unpaired) electrons. The summed E-state index contributed by atoms with van der Waals surface area (Å²) in [5.41, 5.74) is 10.2. The summed E-state index contributed by atoms with van der Waals surface area (Å²) in [5, 5.41) is 17.0. The molecular weight excluding hydrogens is 246 g/mol. The molecule has 0 fully saturated rings. The summed E-state index contributed by atoms with van der Waals surface area (Å²) in [4.78, 5) is 44.1. The number of hydrogen-bond acceptors (Lipinski definition) is 6. The van der Waals surface area contributed by atoms with Crippen molar-refractivity contribution in [2.75, 3.05) is 13.1 Å². The molecule has 0 saturated carbocycles. The van der Waals surface area contributed by atoms with Crippen LogP contribution < -0.4 is 11.5 Å². The number of rotatable bonds is 7. The third kappa shape index (κ3) is 5.37. The summed E-state index contributed by atoms with van der Waals surface area (Å²) >= 11 is 0. The normalized spacial score (nSPS) is 11.7. The molecule has 1 atom stereocenters. The molecule has 0 spiro atoms. The van der Waals surface area contributed by atoms with Crippen LogP contribution in [-0.4, -0.2) is 58.0 Å². The molecule has 0 aromatic heterocycles. The first-order valence-corrected chi connectivity index (χ1v) is 5.03. The summed E-state index contributed by atoms with van der Waals surface area (Å²) in [7, 11) is 0. The van der Waals surface area contributed by atoms with Crippen molar-refractivity contribution in [3.63, 3.8) is 0 Å². The molecule has 0 aliphatic rings. The molecule has 9 heteroatoms. The summed E-state index contributed by atoms with van der Waals surface area (Å²) in [6, 6.07) is -1.24. The van der Waals surface area contributed by atoms with Crippen molar-refractivity contribution in [3.8, 4) is 0 Å². The maximum Gasteiger partial charge on any atom is 0.323 e. The first-order valence-electron chi connectivity index (χ1n) is 5.03. The van der Waals surface area contributed by atoms with Gasteiger partial charge in [0.1, 0.15) is 12.6 Å². The van der Waals surface area contributed by atoms with E-state index in [2.05, 4.69) is 0 Å². The molecular formula is C9H15N3O6. The van der Waals surface area contributed by atoms with Crippen LogP contribution in [0.4, 0.5) is 0 Å². The van der Waals surface area contributed by atoms with Crippen LogP contribution in [0.15, 0.2) is 0 Å². The Morgan fingerprint density at radius 3 is 2.06 bits per heavy atom. The quantitative estimate of drug-likeness (QED) is 0.393. The highest BCUT2D eigenvalue weighted by Crippen LogP contribution is 2.01. The molecule has 0 rings (SSSR count). The Balaban J connectivity index is 4.52. The van der Waals surface area contributed by atoms with Crippen LogP contribution in [0, 0.1) is 0 Å². The van der Waals surface area contributed by atoms with Crippen molar-refractivity contribution in [2.24, 2.45) is 11.5 Å². The third-order valence-corrected chi connectivity index (χ3v) is 2.06. The van der Waals surface area contributed by atoms with Gasteiger partial charge in [-0.05, 0) is 6.42 Å². The number of nitrogens with two attached hydrogens (primary N) is 2. The van der Waals surface area contributed by atoms with Crippen LogP contribution >= 0.6 is 0 Å². The van der Waals surface area contributed by atoms with E-state index >= 15 is 0 Å². The average molecular weight is 261 g/mol. The zero-order chi connectivity index (χ0) is 14.3. The number of amides is 2. The smallest absolute Gasteiger partial charge is 0.323 e. The van der Waals surface area contributed by atoms with E-state index in [1.54, 1.807) is 0 Å². The van der Waals surface area contributed by atoms with E-state index < -0.39 is 42.9 Å². The molecule has 9 nitrogen and oxygen atoms in total. The zero-order valence-electron chi connectivity index (χ0n) is 9.54. The summed E-state index contributed by atoms with van der Waals surface area (Å²) in [6.45, 7) is -1.32. The van der Waals surface area contributed by atoms with Crippen molar-refractivity contribution in [1.29, 1.82) is 0 Å². The lowest BCUT2D eigenvalue weighted by Crippen LogP contribution is -2.44. The molecule has 0 aliphatic carbocycles. The van der Waals surface area contributed by atoms with Gasteiger partial charge in [0.25, 0.3) is 0 Å². The van der Waals surface area contributed by atoms with Gasteiger partial charge in [0.05, 0.1) is 6.54 Å². The lowest BCUT2D eigenvalue weighted by atomic mass is 10.1. The molecule has 102 valence electrons. The highest BCUT2D eigenvalue weighted by molar-refractivity contribution is 5.98. The second-order valence-electron chi connectivity index (χ2n) is 3.45. The van der Waals surface area contributed by atoms with Gasteiger partial charge in [0.15, 0.2) is 0 Å². The Morgan fingerprint density at radius 1 is 1.11 bits per heavy atom. The molecule has 0 saturated heterocycles. The number of aliphatic carboxylic acids is 2. The number of carbonyl (C=O) groups excluding carboxylic acids is 2. The van der Waals surface area contributed by atoms with Crippen LogP contribution in [0.1, 0.15) is 12.8 Å². The van der Waals surface area contributed by atoms with Gasteiger partial charge in [-0.25, -0.2) is 0 Å².